The molecule has 0 radical (unpaired) electrons. The smallest absolute Gasteiger partial charge is 0.337 e. The van der Waals surface area contributed by atoms with Crippen LogP contribution in [0.1, 0.15) is 34.8 Å². The van der Waals surface area contributed by atoms with E-state index in [9.17, 15) is 9.59 Å². The van der Waals surface area contributed by atoms with Crippen molar-refractivity contribution in [3.63, 3.8) is 0 Å². The summed E-state index contributed by atoms with van der Waals surface area (Å²) >= 11 is 0. The first-order valence-corrected chi connectivity index (χ1v) is 8.35. The Bertz CT molecular complexity index is 752. The number of rotatable bonds is 8. The molecule has 0 aromatic heterocycles. The van der Waals surface area contributed by atoms with E-state index < -0.39 is 5.97 Å². The molecule has 2 aromatic carbocycles. The first kappa shape index (κ1) is 19.2. The average molecular weight is 354 g/mol. The number of methoxy groups -OCH3 is 1. The molecule has 0 bridgehead atoms. The van der Waals surface area contributed by atoms with Gasteiger partial charge in [0.05, 0.1) is 18.9 Å². The molecule has 0 unspecified atom stereocenters. The highest BCUT2D eigenvalue weighted by Crippen LogP contribution is 2.11. The van der Waals surface area contributed by atoms with Crippen LogP contribution in [-0.2, 0) is 20.8 Å². The van der Waals surface area contributed by atoms with E-state index in [1.54, 1.807) is 24.3 Å². The van der Waals surface area contributed by atoms with Crippen molar-refractivity contribution in [1.82, 2.24) is 0 Å². The summed E-state index contributed by atoms with van der Waals surface area (Å²) in [6.07, 6.45) is 3.57. The number of aryl methyl sites for hydroxylation is 1. The molecule has 0 saturated heterocycles. The highest BCUT2D eigenvalue weighted by Gasteiger charge is 2.04. The predicted molar refractivity (Wildman–Crippen MR) is 100 cm³/mol. The van der Waals surface area contributed by atoms with Gasteiger partial charge in [0.15, 0.2) is 6.61 Å². The van der Waals surface area contributed by atoms with Crippen molar-refractivity contribution in [1.29, 1.82) is 0 Å². The molecule has 0 aliphatic heterocycles. The fourth-order valence-electron chi connectivity index (χ4n) is 2.26. The number of benzene rings is 2. The normalized spacial score (nSPS) is 10.5. The zero-order valence-electron chi connectivity index (χ0n) is 14.9. The summed E-state index contributed by atoms with van der Waals surface area (Å²) < 4.78 is 4.63. The van der Waals surface area contributed by atoms with Crippen molar-refractivity contribution in [3.8, 4) is 0 Å². The summed E-state index contributed by atoms with van der Waals surface area (Å²) in [5.41, 5.74) is 3.16. The Morgan fingerprint density at radius 2 is 1.77 bits per heavy atom. The second-order valence-electron chi connectivity index (χ2n) is 5.62. The molecular formula is C20H22N2O4. The van der Waals surface area contributed by atoms with Crippen molar-refractivity contribution >= 4 is 23.8 Å². The zero-order valence-corrected chi connectivity index (χ0v) is 14.9. The molecule has 6 heteroatoms. The van der Waals surface area contributed by atoms with Crippen molar-refractivity contribution in [2.75, 3.05) is 19.0 Å². The van der Waals surface area contributed by atoms with E-state index in [0.717, 1.165) is 24.1 Å². The molecule has 2 aromatic rings. The average Bonchev–Trinajstić information content (AvgIpc) is 2.67. The molecule has 0 heterocycles. The Hall–Kier alpha value is -3.15. The minimum absolute atomic E-state index is 0.187. The van der Waals surface area contributed by atoms with Gasteiger partial charge in [0.2, 0.25) is 0 Å². The van der Waals surface area contributed by atoms with E-state index in [4.69, 9.17) is 4.84 Å². The number of ether oxygens (including phenoxy) is 1. The van der Waals surface area contributed by atoms with Gasteiger partial charge < -0.3 is 14.9 Å². The van der Waals surface area contributed by atoms with E-state index in [2.05, 4.69) is 22.1 Å². The van der Waals surface area contributed by atoms with Crippen molar-refractivity contribution < 1.29 is 19.2 Å². The van der Waals surface area contributed by atoms with Crippen LogP contribution < -0.4 is 5.32 Å². The molecule has 0 fully saturated rings. The minimum Gasteiger partial charge on any atom is -0.465 e. The molecule has 0 aliphatic carbocycles. The van der Waals surface area contributed by atoms with Gasteiger partial charge in [-0.25, -0.2) is 4.79 Å². The quantitative estimate of drug-likeness (QED) is 0.448. The molecule has 136 valence electrons. The molecule has 0 spiro atoms. The Balaban J connectivity index is 1.76. The molecule has 6 nitrogen and oxygen atoms in total. The molecule has 0 atom stereocenters. The number of carbonyl (C=O) groups is 2. The van der Waals surface area contributed by atoms with Gasteiger partial charge >= 0.3 is 5.97 Å². The molecule has 0 saturated carbocycles. The summed E-state index contributed by atoms with van der Waals surface area (Å²) in [5.74, 6) is -0.685. The maximum atomic E-state index is 11.8. The van der Waals surface area contributed by atoms with Gasteiger partial charge in [0.25, 0.3) is 5.91 Å². The fraction of sp³-hybridized carbons (Fsp3) is 0.250. The largest absolute Gasteiger partial charge is 0.465 e. The molecule has 1 amide bonds. The van der Waals surface area contributed by atoms with Gasteiger partial charge in [-0.1, -0.05) is 42.8 Å². The molecule has 2 rings (SSSR count). The van der Waals surface area contributed by atoms with Crippen LogP contribution in [-0.4, -0.2) is 31.8 Å². The number of hydrogen-bond donors (Lipinski definition) is 1. The van der Waals surface area contributed by atoms with E-state index in [1.165, 1.54) is 18.9 Å². The van der Waals surface area contributed by atoms with Crippen LogP contribution in [0.25, 0.3) is 0 Å². The number of carbonyl (C=O) groups excluding carboxylic acids is 2. The number of nitrogens with one attached hydrogen (secondary N) is 1. The number of oxime groups is 1. The third kappa shape index (κ3) is 6.05. The van der Waals surface area contributed by atoms with Crippen molar-refractivity contribution in [2.24, 2.45) is 5.16 Å². The van der Waals surface area contributed by atoms with Crippen molar-refractivity contribution in [2.45, 2.75) is 19.8 Å². The van der Waals surface area contributed by atoms with Crippen LogP contribution in [0.4, 0.5) is 5.69 Å². The third-order valence-electron chi connectivity index (χ3n) is 3.58. The van der Waals surface area contributed by atoms with Gasteiger partial charge in [-0.2, -0.15) is 0 Å². The summed E-state index contributed by atoms with van der Waals surface area (Å²) in [6, 6.07) is 14.4. The highest BCUT2D eigenvalue weighted by atomic mass is 16.6. The lowest BCUT2D eigenvalue weighted by molar-refractivity contribution is -0.120. The van der Waals surface area contributed by atoms with E-state index in [1.807, 2.05) is 24.3 Å². The lowest BCUT2D eigenvalue weighted by Crippen LogP contribution is -2.16. The van der Waals surface area contributed by atoms with Crippen molar-refractivity contribution in [3.05, 3.63) is 65.2 Å². The number of amides is 1. The Labute approximate surface area is 152 Å². The van der Waals surface area contributed by atoms with Crippen LogP contribution in [0.2, 0.25) is 0 Å². The fourth-order valence-corrected chi connectivity index (χ4v) is 2.26. The number of hydrogen-bond acceptors (Lipinski definition) is 5. The van der Waals surface area contributed by atoms with Crippen LogP contribution in [0.15, 0.2) is 53.7 Å². The lowest BCUT2D eigenvalue weighted by atomic mass is 10.1. The Kier molecular flexibility index (Phi) is 7.36. The molecular weight excluding hydrogens is 332 g/mol. The monoisotopic (exact) mass is 354 g/mol. The first-order chi connectivity index (χ1) is 12.6. The van der Waals surface area contributed by atoms with E-state index >= 15 is 0 Å². The summed E-state index contributed by atoms with van der Waals surface area (Å²) in [7, 11) is 1.33. The van der Waals surface area contributed by atoms with Gasteiger partial charge in [-0.15, -0.1) is 0 Å². The number of nitrogens with zero attached hydrogens (tertiary/aromatic N) is 1. The number of anilines is 1. The third-order valence-corrected chi connectivity index (χ3v) is 3.58. The van der Waals surface area contributed by atoms with Gasteiger partial charge in [0, 0.05) is 5.69 Å². The predicted octanol–water partition coefficient (Wildman–Crippen LogP) is 3.41. The first-order valence-electron chi connectivity index (χ1n) is 8.35. The molecule has 26 heavy (non-hydrogen) atoms. The highest BCUT2D eigenvalue weighted by molar-refractivity contribution is 5.92. The topological polar surface area (TPSA) is 77.0 Å². The molecule has 0 aliphatic rings. The summed E-state index contributed by atoms with van der Waals surface area (Å²) in [5, 5.41) is 6.50. The molecule has 1 N–H and O–H groups in total. The maximum absolute atomic E-state index is 11.8. The summed E-state index contributed by atoms with van der Waals surface area (Å²) in [6.45, 7) is 1.94. The maximum Gasteiger partial charge on any atom is 0.337 e. The number of esters is 1. The Morgan fingerprint density at radius 3 is 2.38 bits per heavy atom. The zero-order chi connectivity index (χ0) is 18.8. The van der Waals surface area contributed by atoms with Crippen LogP contribution >= 0.6 is 0 Å². The summed E-state index contributed by atoms with van der Waals surface area (Å²) in [4.78, 5) is 28.2. The SMILES string of the molecule is CCCc1ccc(NC(=O)CO/N=C/c2ccc(C(=O)OC)cc2)cc1. The lowest BCUT2D eigenvalue weighted by Gasteiger charge is -2.05. The second-order valence-corrected chi connectivity index (χ2v) is 5.62. The van der Waals surface area contributed by atoms with Crippen LogP contribution in [0.3, 0.4) is 0 Å². The van der Waals surface area contributed by atoms with Crippen LogP contribution in [0.5, 0.6) is 0 Å². The van der Waals surface area contributed by atoms with E-state index in [-0.39, 0.29) is 12.5 Å². The van der Waals surface area contributed by atoms with Gasteiger partial charge in [-0.05, 0) is 41.8 Å². The van der Waals surface area contributed by atoms with Gasteiger partial charge in [-0.3, -0.25) is 4.79 Å². The standard InChI is InChI=1S/C20H22N2O4/c1-3-4-15-7-11-18(12-8-15)22-19(23)14-26-21-13-16-5-9-17(10-6-16)20(24)25-2/h5-13H,3-4,14H2,1-2H3,(H,22,23)/b21-13+. The van der Waals surface area contributed by atoms with E-state index in [0.29, 0.717) is 5.56 Å². The van der Waals surface area contributed by atoms with Gasteiger partial charge in [0.1, 0.15) is 0 Å². The Morgan fingerprint density at radius 1 is 1.08 bits per heavy atom. The minimum atomic E-state index is -0.399. The second kappa shape index (κ2) is 9.98. The van der Waals surface area contributed by atoms with Crippen LogP contribution in [0, 0.1) is 0 Å².